The summed E-state index contributed by atoms with van der Waals surface area (Å²) in [5.41, 5.74) is 0.744. The number of hydrogen-bond acceptors (Lipinski definition) is 3. The van der Waals surface area contributed by atoms with Crippen LogP contribution in [-0.4, -0.2) is 11.5 Å². The summed E-state index contributed by atoms with van der Waals surface area (Å²) in [6.07, 6.45) is 2.62. The molecule has 0 spiro atoms. The Bertz CT molecular complexity index is 500. The third kappa shape index (κ3) is 3.34. The maximum Gasteiger partial charge on any atom is 0.159 e. The van der Waals surface area contributed by atoms with Crippen molar-refractivity contribution >= 4 is 11.3 Å². The zero-order chi connectivity index (χ0) is 13.0. The van der Waals surface area contributed by atoms with Crippen molar-refractivity contribution in [2.75, 3.05) is 6.54 Å². The molecule has 0 aliphatic carbocycles. The van der Waals surface area contributed by atoms with Gasteiger partial charge in [-0.25, -0.2) is 13.8 Å². The molecule has 0 aliphatic rings. The van der Waals surface area contributed by atoms with E-state index in [4.69, 9.17) is 0 Å². The summed E-state index contributed by atoms with van der Waals surface area (Å²) in [4.78, 5) is 4.18. The molecular formula is C13H14F2N2S. The molecule has 0 bridgehead atoms. The Kier molecular flexibility index (Phi) is 4.38. The third-order valence-electron chi connectivity index (χ3n) is 2.72. The lowest BCUT2D eigenvalue weighted by atomic mass is 10.1. The number of aromatic nitrogens is 1. The second kappa shape index (κ2) is 6.02. The van der Waals surface area contributed by atoms with Crippen molar-refractivity contribution in [3.05, 3.63) is 52.0 Å². The molecule has 1 N–H and O–H groups in total. The van der Waals surface area contributed by atoms with E-state index in [2.05, 4.69) is 10.3 Å². The van der Waals surface area contributed by atoms with Crippen LogP contribution in [0.25, 0.3) is 0 Å². The molecule has 18 heavy (non-hydrogen) atoms. The molecule has 2 nitrogen and oxygen atoms in total. The van der Waals surface area contributed by atoms with E-state index in [1.807, 2.05) is 12.3 Å². The van der Waals surface area contributed by atoms with Crippen LogP contribution in [0.5, 0.6) is 0 Å². The van der Waals surface area contributed by atoms with Gasteiger partial charge in [-0.3, -0.25) is 0 Å². The van der Waals surface area contributed by atoms with Gasteiger partial charge in [0, 0.05) is 30.6 Å². The minimum absolute atomic E-state index is 0.0138. The molecule has 5 heteroatoms. The summed E-state index contributed by atoms with van der Waals surface area (Å²) in [6.45, 7) is 2.68. The zero-order valence-electron chi connectivity index (χ0n) is 9.99. The Balaban J connectivity index is 1.87. The van der Waals surface area contributed by atoms with Crippen LogP contribution < -0.4 is 5.32 Å². The Labute approximate surface area is 109 Å². The molecule has 1 aromatic heterocycles. The summed E-state index contributed by atoms with van der Waals surface area (Å²) < 4.78 is 25.9. The minimum atomic E-state index is -0.811. The fourth-order valence-electron chi connectivity index (χ4n) is 1.67. The molecule has 2 aromatic rings. The summed E-state index contributed by atoms with van der Waals surface area (Å²) in [5.74, 6) is -1.62. The van der Waals surface area contributed by atoms with Crippen molar-refractivity contribution in [2.45, 2.75) is 19.4 Å². The van der Waals surface area contributed by atoms with E-state index in [9.17, 15) is 8.78 Å². The minimum Gasteiger partial charge on any atom is -0.310 e. The zero-order valence-corrected chi connectivity index (χ0v) is 10.8. The van der Waals surface area contributed by atoms with Gasteiger partial charge in [-0.2, -0.15) is 0 Å². The predicted octanol–water partition coefficient (Wildman–Crippen LogP) is 3.31. The molecular weight excluding hydrogens is 254 g/mol. The van der Waals surface area contributed by atoms with Gasteiger partial charge < -0.3 is 5.32 Å². The topological polar surface area (TPSA) is 24.9 Å². The molecule has 1 aromatic carbocycles. The maximum absolute atomic E-state index is 13.1. The molecule has 1 heterocycles. The van der Waals surface area contributed by atoms with Crippen LogP contribution in [0.15, 0.2) is 29.8 Å². The summed E-state index contributed by atoms with van der Waals surface area (Å²) in [5, 5.41) is 6.27. The van der Waals surface area contributed by atoms with Crippen molar-refractivity contribution in [3.8, 4) is 0 Å². The highest BCUT2D eigenvalue weighted by atomic mass is 32.1. The summed E-state index contributed by atoms with van der Waals surface area (Å²) in [7, 11) is 0. The first kappa shape index (κ1) is 13.1. The molecule has 1 unspecified atom stereocenters. The molecule has 0 radical (unpaired) electrons. The highest BCUT2D eigenvalue weighted by Crippen LogP contribution is 2.16. The molecule has 0 aliphatic heterocycles. The Morgan fingerprint density at radius 2 is 2.17 bits per heavy atom. The number of nitrogens with zero attached hydrogens (tertiary/aromatic N) is 1. The van der Waals surface area contributed by atoms with Crippen LogP contribution in [0.3, 0.4) is 0 Å². The molecule has 0 saturated heterocycles. The van der Waals surface area contributed by atoms with Gasteiger partial charge in [0.05, 0.1) is 5.01 Å². The van der Waals surface area contributed by atoms with Gasteiger partial charge in [0.1, 0.15) is 0 Å². The van der Waals surface area contributed by atoms with Crippen LogP contribution >= 0.6 is 11.3 Å². The number of rotatable bonds is 5. The smallest absolute Gasteiger partial charge is 0.159 e. The first-order chi connectivity index (χ1) is 8.66. The molecule has 2 rings (SSSR count). The Morgan fingerprint density at radius 3 is 2.83 bits per heavy atom. The number of halogens is 2. The van der Waals surface area contributed by atoms with Crippen molar-refractivity contribution < 1.29 is 8.78 Å². The number of hydrogen-bond donors (Lipinski definition) is 1. The SMILES string of the molecule is CC(NCCc1nccs1)c1ccc(F)c(F)c1. The fraction of sp³-hybridized carbons (Fsp3) is 0.308. The highest BCUT2D eigenvalue weighted by Gasteiger charge is 2.08. The lowest BCUT2D eigenvalue weighted by Gasteiger charge is -2.13. The Morgan fingerprint density at radius 1 is 1.33 bits per heavy atom. The van der Waals surface area contributed by atoms with Gasteiger partial charge in [0.25, 0.3) is 0 Å². The lowest BCUT2D eigenvalue weighted by Crippen LogP contribution is -2.21. The predicted molar refractivity (Wildman–Crippen MR) is 68.6 cm³/mol. The number of benzene rings is 1. The van der Waals surface area contributed by atoms with Crippen molar-refractivity contribution in [2.24, 2.45) is 0 Å². The van der Waals surface area contributed by atoms with Crippen LogP contribution in [0.2, 0.25) is 0 Å². The van der Waals surface area contributed by atoms with Gasteiger partial charge in [-0.05, 0) is 24.6 Å². The average Bonchev–Trinajstić information content (AvgIpc) is 2.85. The first-order valence-corrected chi connectivity index (χ1v) is 6.61. The lowest BCUT2D eigenvalue weighted by molar-refractivity contribution is 0.501. The van der Waals surface area contributed by atoms with E-state index in [1.165, 1.54) is 6.07 Å². The monoisotopic (exact) mass is 268 g/mol. The largest absolute Gasteiger partial charge is 0.310 e. The quantitative estimate of drug-likeness (QED) is 0.900. The molecule has 1 atom stereocenters. The number of nitrogens with one attached hydrogen (secondary N) is 1. The van der Waals surface area contributed by atoms with Gasteiger partial charge in [0.15, 0.2) is 11.6 Å². The second-order valence-corrected chi connectivity index (χ2v) is 5.00. The normalized spacial score (nSPS) is 12.6. The van der Waals surface area contributed by atoms with Gasteiger partial charge >= 0.3 is 0 Å². The van der Waals surface area contributed by atoms with Crippen LogP contribution in [0.4, 0.5) is 8.78 Å². The van der Waals surface area contributed by atoms with E-state index in [0.29, 0.717) is 0 Å². The molecule has 0 amide bonds. The Hall–Kier alpha value is -1.33. The van der Waals surface area contributed by atoms with Gasteiger partial charge in [-0.1, -0.05) is 6.07 Å². The van der Waals surface area contributed by atoms with E-state index in [1.54, 1.807) is 23.6 Å². The maximum atomic E-state index is 13.1. The van der Waals surface area contributed by atoms with E-state index in [-0.39, 0.29) is 6.04 Å². The van der Waals surface area contributed by atoms with Gasteiger partial charge in [0.2, 0.25) is 0 Å². The standard InChI is InChI=1S/C13H14F2N2S/c1-9(10-2-3-11(14)12(15)8-10)16-5-4-13-17-6-7-18-13/h2-3,6-9,16H,4-5H2,1H3. The summed E-state index contributed by atoms with van der Waals surface area (Å²) in [6, 6.07) is 3.97. The van der Waals surface area contributed by atoms with Crippen LogP contribution in [-0.2, 0) is 6.42 Å². The fourth-order valence-corrected chi connectivity index (χ4v) is 2.29. The van der Waals surface area contributed by atoms with Gasteiger partial charge in [-0.15, -0.1) is 11.3 Å². The van der Waals surface area contributed by atoms with E-state index < -0.39 is 11.6 Å². The average molecular weight is 268 g/mol. The van der Waals surface area contributed by atoms with Crippen molar-refractivity contribution in [3.63, 3.8) is 0 Å². The number of thiazole rings is 1. The molecule has 0 saturated carbocycles. The third-order valence-corrected chi connectivity index (χ3v) is 3.56. The van der Waals surface area contributed by atoms with E-state index >= 15 is 0 Å². The van der Waals surface area contributed by atoms with Crippen molar-refractivity contribution in [1.82, 2.24) is 10.3 Å². The summed E-state index contributed by atoms with van der Waals surface area (Å²) >= 11 is 1.61. The van der Waals surface area contributed by atoms with Crippen LogP contribution in [0.1, 0.15) is 23.5 Å². The molecule has 0 fully saturated rings. The van der Waals surface area contributed by atoms with E-state index in [0.717, 1.165) is 29.6 Å². The first-order valence-electron chi connectivity index (χ1n) is 5.73. The van der Waals surface area contributed by atoms with Crippen molar-refractivity contribution in [1.29, 1.82) is 0 Å². The highest BCUT2D eigenvalue weighted by molar-refractivity contribution is 7.09. The van der Waals surface area contributed by atoms with Crippen LogP contribution in [0, 0.1) is 11.6 Å². The molecule has 96 valence electrons. The second-order valence-electron chi connectivity index (χ2n) is 4.03.